The minimum Gasteiger partial charge on any atom is -0.379 e. The van der Waals surface area contributed by atoms with Gasteiger partial charge in [-0.15, -0.1) is 0 Å². The highest BCUT2D eigenvalue weighted by Crippen LogP contribution is 2.24. The molecule has 0 N–H and O–H groups in total. The van der Waals surface area contributed by atoms with Crippen LogP contribution < -0.4 is 0 Å². The average molecular weight is 311 g/mol. The summed E-state index contributed by atoms with van der Waals surface area (Å²) in [5.74, 6) is -0.181. The number of allylic oxidation sites excluding steroid dienone is 1. The van der Waals surface area contributed by atoms with Crippen molar-refractivity contribution in [1.29, 1.82) is 0 Å². The maximum Gasteiger partial charge on any atom is 0.131 e. The predicted molar refractivity (Wildman–Crippen MR) is 92.7 cm³/mol. The summed E-state index contributed by atoms with van der Waals surface area (Å²) in [5, 5.41) is 0. The molecule has 0 amide bonds. The third-order valence-corrected chi connectivity index (χ3v) is 4.28. The second-order valence-corrected chi connectivity index (χ2v) is 5.86. The second kappa shape index (κ2) is 7.53. The molecular weight excluding hydrogens is 289 g/mol. The Balaban J connectivity index is 1.70. The van der Waals surface area contributed by atoms with Crippen LogP contribution in [0, 0.1) is 5.82 Å². The summed E-state index contributed by atoms with van der Waals surface area (Å²) >= 11 is 0. The van der Waals surface area contributed by atoms with E-state index in [1.807, 2.05) is 24.3 Å². The van der Waals surface area contributed by atoms with E-state index in [4.69, 9.17) is 4.74 Å². The van der Waals surface area contributed by atoms with E-state index in [0.717, 1.165) is 38.4 Å². The van der Waals surface area contributed by atoms with Gasteiger partial charge in [-0.25, -0.2) is 4.39 Å². The molecule has 0 unspecified atom stereocenters. The third kappa shape index (κ3) is 4.06. The summed E-state index contributed by atoms with van der Waals surface area (Å²) in [6.07, 6.45) is 2.25. The normalized spacial score (nSPS) is 16.5. The van der Waals surface area contributed by atoms with E-state index in [1.165, 1.54) is 17.2 Å². The molecule has 0 atom stereocenters. The Hall–Kier alpha value is -1.97. The molecule has 1 heterocycles. The molecule has 0 spiro atoms. The Kier molecular flexibility index (Phi) is 5.21. The third-order valence-electron chi connectivity index (χ3n) is 4.28. The number of ether oxygens (including phenoxy) is 1. The van der Waals surface area contributed by atoms with Gasteiger partial charge in [0.25, 0.3) is 0 Å². The fourth-order valence-corrected chi connectivity index (χ4v) is 2.78. The molecule has 0 bridgehead atoms. The van der Waals surface area contributed by atoms with Crippen molar-refractivity contribution >= 4 is 5.57 Å². The van der Waals surface area contributed by atoms with Crippen molar-refractivity contribution in [2.75, 3.05) is 32.8 Å². The van der Waals surface area contributed by atoms with Crippen molar-refractivity contribution in [3.8, 4) is 11.1 Å². The second-order valence-electron chi connectivity index (χ2n) is 5.86. The zero-order valence-corrected chi connectivity index (χ0v) is 13.5. The smallest absolute Gasteiger partial charge is 0.131 e. The molecular formula is C20H22FNO. The molecule has 2 aromatic carbocycles. The van der Waals surface area contributed by atoms with Crippen LogP contribution in [0.3, 0.4) is 0 Å². The maximum atomic E-state index is 13.8. The highest BCUT2D eigenvalue weighted by molar-refractivity contribution is 5.69. The van der Waals surface area contributed by atoms with Gasteiger partial charge in [0.2, 0.25) is 0 Å². The van der Waals surface area contributed by atoms with Crippen LogP contribution in [0.5, 0.6) is 0 Å². The number of hydrogen-bond acceptors (Lipinski definition) is 2. The van der Waals surface area contributed by atoms with Crippen LogP contribution in [-0.4, -0.2) is 37.7 Å². The number of morpholine rings is 1. The van der Waals surface area contributed by atoms with Crippen LogP contribution >= 0.6 is 0 Å². The van der Waals surface area contributed by atoms with Crippen LogP contribution in [0.15, 0.2) is 54.6 Å². The molecule has 1 aliphatic heterocycles. The van der Waals surface area contributed by atoms with E-state index in [0.29, 0.717) is 5.56 Å². The fraction of sp³-hybridized carbons (Fsp3) is 0.300. The molecule has 23 heavy (non-hydrogen) atoms. The highest BCUT2D eigenvalue weighted by atomic mass is 19.1. The molecule has 2 aromatic rings. The van der Waals surface area contributed by atoms with Gasteiger partial charge in [0.15, 0.2) is 0 Å². The molecule has 0 aliphatic carbocycles. The Bertz CT molecular complexity index is 672. The molecule has 0 radical (unpaired) electrons. The number of benzene rings is 2. The van der Waals surface area contributed by atoms with E-state index in [2.05, 4.69) is 30.0 Å². The first-order valence-electron chi connectivity index (χ1n) is 8.06. The molecule has 1 saturated heterocycles. The van der Waals surface area contributed by atoms with Gasteiger partial charge in [0.1, 0.15) is 5.82 Å². The Morgan fingerprint density at radius 2 is 1.78 bits per heavy atom. The van der Waals surface area contributed by atoms with Gasteiger partial charge in [-0.2, -0.15) is 0 Å². The van der Waals surface area contributed by atoms with Gasteiger partial charge in [0, 0.05) is 25.2 Å². The Morgan fingerprint density at radius 1 is 1.09 bits per heavy atom. The first-order valence-corrected chi connectivity index (χ1v) is 8.06. The summed E-state index contributed by atoms with van der Waals surface area (Å²) in [6.45, 7) is 6.71. The highest BCUT2D eigenvalue weighted by Gasteiger charge is 2.09. The van der Waals surface area contributed by atoms with Crippen LogP contribution in [0.25, 0.3) is 16.7 Å². The van der Waals surface area contributed by atoms with Gasteiger partial charge < -0.3 is 4.74 Å². The monoisotopic (exact) mass is 311 g/mol. The lowest BCUT2D eigenvalue weighted by molar-refractivity contribution is 0.0435. The lowest BCUT2D eigenvalue weighted by atomic mass is 10.0. The van der Waals surface area contributed by atoms with E-state index in [-0.39, 0.29) is 5.82 Å². The molecule has 1 aliphatic rings. The van der Waals surface area contributed by atoms with Gasteiger partial charge in [-0.1, -0.05) is 48.5 Å². The quantitative estimate of drug-likeness (QED) is 0.838. The first kappa shape index (κ1) is 15.9. The largest absolute Gasteiger partial charge is 0.379 e. The van der Waals surface area contributed by atoms with Crippen molar-refractivity contribution < 1.29 is 9.13 Å². The molecule has 1 fully saturated rings. The number of nitrogens with zero attached hydrogens (tertiary/aromatic N) is 1. The van der Waals surface area contributed by atoms with Crippen LogP contribution in [0.4, 0.5) is 4.39 Å². The molecule has 0 aromatic heterocycles. The first-order chi connectivity index (χ1) is 11.2. The summed E-state index contributed by atoms with van der Waals surface area (Å²) in [5.41, 5.74) is 3.98. The maximum absolute atomic E-state index is 13.8. The summed E-state index contributed by atoms with van der Waals surface area (Å²) in [6, 6.07) is 15.0. The Labute approximate surface area is 137 Å². The van der Waals surface area contributed by atoms with Crippen molar-refractivity contribution in [3.05, 3.63) is 66.0 Å². The minimum atomic E-state index is -0.181. The lowest BCUT2D eigenvalue weighted by Crippen LogP contribution is -2.36. The van der Waals surface area contributed by atoms with Gasteiger partial charge in [0.05, 0.1) is 13.2 Å². The zero-order chi connectivity index (χ0) is 16.1. The van der Waals surface area contributed by atoms with E-state index in [9.17, 15) is 4.39 Å². The molecule has 3 rings (SSSR count). The lowest BCUT2D eigenvalue weighted by Gasteiger charge is -2.25. The standard InChI is InChI=1S/C20H22FNO/c1-16(10-11-22-12-14-23-15-13-22)17-6-8-18(9-7-17)19-4-2-3-5-20(19)21/h2-10H,11-15H2,1H3/b16-10-. The van der Waals surface area contributed by atoms with Crippen LogP contribution in [-0.2, 0) is 4.74 Å². The number of halogens is 1. The van der Waals surface area contributed by atoms with Crippen molar-refractivity contribution in [3.63, 3.8) is 0 Å². The summed E-state index contributed by atoms with van der Waals surface area (Å²) in [4.78, 5) is 2.39. The summed E-state index contributed by atoms with van der Waals surface area (Å²) in [7, 11) is 0. The minimum absolute atomic E-state index is 0.181. The van der Waals surface area contributed by atoms with E-state index >= 15 is 0 Å². The average Bonchev–Trinajstić information content (AvgIpc) is 2.61. The van der Waals surface area contributed by atoms with Crippen LogP contribution in [0.2, 0.25) is 0 Å². The SMILES string of the molecule is C/C(=C/CN1CCOCC1)c1ccc(-c2ccccc2F)cc1. The Morgan fingerprint density at radius 3 is 2.48 bits per heavy atom. The van der Waals surface area contributed by atoms with Gasteiger partial charge in [-0.05, 0) is 29.7 Å². The molecule has 3 heteroatoms. The number of rotatable bonds is 4. The topological polar surface area (TPSA) is 12.5 Å². The summed E-state index contributed by atoms with van der Waals surface area (Å²) < 4.78 is 19.2. The number of hydrogen-bond donors (Lipinski definition) is 0. The molecule has 2 nitrogen and oxygen atoms in total. The molecule has 0 saturated carbocycles. The van der Waals surface area contributed by atoms with E-state index in [1.54, 1.807) is 6.07 Å². The van der Waals surface area contributed by atoms with Crippen molar-refractivity contribution in [2.45, 2.75) is 6.92 Å². The predicted octanol–water partition coefficient (Wildman–Crippen LogP) is 4.23. The van der Waals surface area contributed by atoms with Crippen molar-refractivity contribution in [2.24, 2.45) is 0 Å². The van der Waals surface area contributed by atoms with Crippen molar-refractivity contribution in [1.82, 2.24) is 4.90 Å². The zero-order valence-electron chi connectivity index (χ0n) is 13.5. The van der Waals surface area contributed by atoms with E-state index < -0.39 is 0 Å². The van der Waals surface area contributed by atoms with Gasteiger partial charge in [-0.3, -0.25) is 4.90 Å². The van der Waals surface area contributed by atoms with Crippen LogP contribution in [0.1, 0.15) is 12.5 Å². The van der Waals surface area contributed by atoms with Gasteiger partial charge >= 0.3 is 0 Å². The fourth-order valence-electron chi connectivity index (χ4n) is 2.78. The molecule has 120 valence electrons.